The standard InChI is InChI=1S/C10H17N3/c11-10(13-8-4-5-9-13)12-6-2-1-3-7-12/h4-5,8-10H,1-3,6-7,11H2. The predicted molar refractivity (Wildman–Crippen MR) is 53.1 cm³/mol. The van der Waals surface area contributed by atoms with E-state index in [4.69, 9.17) is 5.73 Å². The molecule has 0 bridgehead atoms. The van der Waals surface area contributed by atoms with Crippen molar-refractivity contribution < 1.29 is 0 Å². The van der Waals surface area contributed by atoms with Crippen molar-refractivity contribution in [1.29, 1.82) is 0 Å². The average Bonchev–Trinajstić information content (AvgIpc) is 2.71. The molecule has 1 atom stereocenters. The molecule has 1 aromatic rings. The van der Waals surface area contributed by atoms with Crippen molar-refractivity contribution in [1.82, 2.24) is 9.47 Å². The molecule has 3 nitrogen and oxygen atoms in total. The van der Waals surface area contributed by atoms with E-state index >= 15 is 0 Å². The Balaban J connectivity index is 1.99. The first-order valence-electron chi connectivity index (χ1n) is 5.00. The number of hydrogen-bond acceptors (Lipinski definition) is 2. The number of nitrogens with two attached hydrogens (primary N) is 1. The van der Waals surface area contributed by atoms with Crippen molar-refractivity contribution in [2.45, 2.75) is 25.6 Å². The van der Waals surface area contributed by atoms with Crippen molar-refractivity contribution in [3.05, 3.63) is 24.5 Å². The van der Waals surface area contributed by atoms with Gasteiger partial charge in [-0.2, -0.15) is 0 Å². The summed E-state index contributed by atoms with van der Waals surface area (Å²) >= 11 is 0. The summed E-state index contributed by atoms with van der Waals surface area (Å²) in [5.74, 6) is 0. The number of rotatable bonds is 2. The average molecular weight is 179 g/mol. The van der Waals surface area contributed by atoms with Crippen LogP contribution in [0.5, 0.6) is 0 Å². The van der Waals surface area contributed by atoms with Gasteiger partial charge in [-0.3, -0.25) is 10.6 Å². The van der Waals surface area contributed by atoms with Gasteiger partial charge in [0.15, 0.2) is 0 Å². The molecule has 0 spiro atoms. The van der Waals surface area contributed by atoms with E-state index in [2.05, 4.69) is 9.47 Å². The second-order valence-electron chi connectivity index (χ2n) is 3.64. The van der Waals surface area contributed by atoms with Crippen molar-refractivity contribution in [2.75, 3.05) is 13.1 Å². The second kappa shape index (κ2) is 3.94. The van der Waals surface area contributed by atoms with Crippen molar-refractivity contribution in [2.24, 2.45) is 5.73 Å². The zero-order valence-corrected chi connectivity index (χ0v) is 7.89. The van der Waals surface area contributed by atoms with E-state index in [0.29, 0.717) is 0 Å². The summed E-state index contributed by atoms with van der Waals surface area (Å²) in [5.41, 5.74) is 6.10. The van der Waals surface area contributed by atoms with Gasteiger partial charge in [-0.15, -0.1) is 0 Å². The van der Waals surface area contributed by atoms with Gasteiger partial charge in [0.25, 0.3) is 0 Å². The SMILES string of the molecule is NC(N1CCCCC1)n1cccc1. The molecule has 1 unspecified atom stereocenters. The molecular formula is C10H17N3. The second-order valence-corrected chi connectivity index (χ2v) is 3.64. The minimum Gasteiger partial charge on any atom is -0.326 e. The summed E-state index contributed by atoms with van der Waals surface area (Å²) < 4.78 is 2.06. The van der Waals surface area contributed by atoms with Gasteiger partial charge in [0.2, 0.25) is 0 Å². The molecule has 13 heavy (non-hydrogen) atoms. The smallest absolute Gasteiger partial charge is 0.138 e. The van der Waals surface area contributed by atoms with Gasteiger partial charge in [-0.1, -0.05) is 6.42 Å². The maximum absolute atomic E-state index is 6.10. The Morgan fingerprint density at radius 3 is 2.23 bits per heavy atom. The first-order valence-corrected chi connectivity index (χ1v) is 5.00. The highest BCUT2D eigenvalue weighted by Gasteiger charge is 2.16. The van der Waals surface area contributed by atoms with Crippen LogP contribution in [-0.4, -0.2) is 22.6 Å². The molecule has 1 aliphatic rings. The number of hydrogen-bond donors (Lipinski definition) is 1. The first-order chi connectivity index (χ1) is 6.38. The van der Waals surface area contributed by atoms with E-state index in [1.165, 1.54) is 19.3 Å². The Morgan fingerprint density at radius 1 is 1.00 bits per heavy atom. The Hall–Kier alpha value is -0.800. The Labute approximate surface area is 79.1 Å². The highest BCUT2D eigenvalue weighted by atomic mass is 15.4. The van der Waals surface area contributed by atoms with Crippen LogP contribution in [0.1, 0.15) is 25.6 Å². The topological polar surface area (TPSA) is 34.2 Å². The zero-order chi connectivity index (χ0) is 9.10. The third-order valence-electron chi connectivity index (χ3n) is 2.70. The fourth-order valence-electron chi connectivity index (χ4n) is 1.90. The van der Waals surface area contributed by atoms with Gasteiger partial charge < -0.3 is 4.57 Å². The van der Waals surface area contributed by atoms with Crippen LogP contribution in [-0.2, 0) is 0 Å². The van der Waals surface area contributed by atoms with Crippen LogP contribution >= 0.6 is 0 Å². The zero-order valence-electron chi connectivity index (χ0n) is 7.89. The molecule has 72 valence electrons. The summed E-state index contributed by atoms with van der Waals surface area (Å²) in [7, 11) is 0. The van der Waals surface area contributed by atoms with Gasteiger partial charge >= 0.3 is 0 Å². The van der Waals surface area contributed by atoms with Gasteiger partial charge in [0, 0.05) is 25.5 Å². The molecule has 1 saturated heterocycles. The van der Waals surface area contributed by atoms with Gasteiger partial charge in [0.1, 0.15) is 6.29 Å². The molecule has 1 aromatic heterocycles. The Kier molecular flexibility index (Phi) is 2.66. The maximum Gasteiger partial charge on any atom is 0.138 e. The molecule has 0 radical (unpaired) electrons. The molecule has 0 aromatic carbocycles. The molecule has 2 N–H and O–H groups in total. The fraction of sp³-hybridized carbons (Fsp3) is 0.600. The highest BCUT2D eigenvalue weighted by Crippen LogP contribution is 2.15. The Morgan fingerprint density at radius 2 is 1.62 bits per heavy atom. The van der Waals surface area contributed by atoms with Gasteiger partial charge in [-0.25, -0.2) is 0 Å². The summed E-state index contributed by atoms with van der Waals surface area (Å²) in [4.78, 5) is 2.34. The van der Waals surface area contributed by atoms with E-state index < -0.39 is 0 Å². The van der Waals surface area contributed by atoms with Crippen LogP contribution in [0.4, 0.5) is 0 Å². The molecule has 0 aliphatic carbocycles. The first kappa shape index (κ1) is 8.78. The number of aromatic nitrogens is 1. The monoisotopic (exact) mass is 179 g/mol. The van der Waals surface area contributed by atoms with Crippen LogP contribution in [0.25, 0.3) is 0 Å². The minimum absolute atomic E-state index is 0.0373. The lowest BCUT2D eigenvalue weighted by atomic mass is 10.1. The van der Waals surface area contributed by atoms with Gasteiger partial charge in [-0.05, 0) is 25.0 Å². The summed E-state index contributed by atoms with van der Waals surface area (Å²) in [6.45, 7) is 2.28. The van der Waals surface area contributed by atoms with E-state index in [9.17, 15) is 0 Å². The van der Waals surface area contributed by atoms with Crippen molar-refractivity contribution >= 4 is 0 Å². The minimum atomic E-state index is 0.0373. The van der Waals surface area contributed by atoms with Crippen LogP contribution in [0.15, 0.2) is 24.5 Å². The molecule has 0 amide bonds. The summed E-state index contributed by atoms with van der Waals surface area (Å²) in [5, 5.41) is 0. The van der Waals surface area contributed by atoms with Crippen LogP contribution in [0.3, 0.4) is 0 Å². The quantitative estimate of drug-likeness (QED) is 0.744. The lowest BCUT2D eigenvalue weighted by Gasteiger charge is -2.32. The largest absolute Gasteiger partial charge is 0.326 e. The maximum atomic E-state index is 6.10. The molecular weight excluding hydrogens is 162 g/mol. The van der Waals surface area contributed by atoms with E-state index in [1.54, 1.807) is 0 Å². The fourth-order valence-corrected chi connectivity index (χ4v) is 1.90. The van der Waals surface area contributed by atoms with Crippen LogP contribution < -0.4 is 5.73 Å². The van der Waals surface area contributed by atoms with Crippen molar-refractivity contribution in [3.8, 4) is 0 Å². The van der Waals surface area contributed by atoms with Gasteiger partial charge in [0.05, 0.1) is 0 Å². The highest BCUT2D eigenvalue weighted by molar-refractivity contribution is 4.92. The molecule has 0 saturated carbocycles. The molecule has 1 fully saturated rings. The number of piperidine rings is 1. The summed E-state index contributed by atoms with van der Waals surface area (Å²) in [6, 6.07) is 4.04. The van der Waals surface area contributed by atoms with Crippen LogP contribution in [0, 0.1) is 0 Å². The number of likely N-dealkylation sites (tertiary alicyclic amines) is 1. The predicted octanol–water partition coefficient (Wildman–Crippen LogP) is 1.39. The van der Waals surface area contributed by atoms with E-state index in [-0.39, 0.29) is 6.29 Å². The third kappa shape index (κ3) is 1.92. The van der Waals surface area contributed by atoms with E-state index in [1.807, 2.05) is 24.5 Å². The molecule has 2 rings (SSSR count). The lowest BCUT2D eigenvalue weighted by Crippen LogP contribution is -2.41. The number of nitrogens with zero attached hydrogens (tertiary/aromatic N) is 2. The third-order valence-corrected chi connectivity index (χ3v) is 2.70. The lowest BCUT2D eigenvalue weighted by molar-refractivity contribution is 0.118. The van der Waals surface area contributed by atoms with E-state index in [0.717, 1.165) is 13.1 Å². The molecule has 3 heteroatoms. The molecule has 2 heterocycles. The van der Waals surface area contributed by atoms with Crippen molar-refractivity contribution in [3.63, 3.8) is 0 Å². The summed E-state index contributed by atoms with van der Waals surface area (Å²) in [6.07, 6.45) is 8.02. The Bertz CT molecular complexity index is 237. The molecule has 1 aliphatic heterocycles. The normalized spacial score (nSPS) is 21.6. The van der Waals surface area contributed by atoms with Crippen LogP contribution in [0.2, 0.25) is 0 Å².